The van der Waals surface area contributed by atoms with Gasteiger partial charge in [-0.1, -0.05) is 24.4 Å². The van der Waals surface area contributed by atoms with Gasteiger partial charge in [0, 0.05) is 5.69 Å². The fourth-order valence-corrected chi connectivity index (χ4v) is 4.54. The van der Waals surface area contributed by atoms with Crippen LogP contribution in [0.5, 0.6) is 5.75 Å². The second kappa shape index (κ2) is 7.85. The van der Waals surface area contributed by atoms with Crippen LogP contribution in [0.3, 0.4) is 0 Å². The summed E-state index contributed by atoms with van der Waals surface area (Å²) >= 11 is 5.95. The van der Waals surface area contributed by atoms with Gasteiger partial charge in [-0.05, 0) is 31.0 Å². The quantitative estimate of drug-likeness (QED) is 0.755. The topological polar surface area (TPSA) is 110 Å². The molecule has 1 saturated carbocycles. The molecule has 0 radical (unpaired) electrons. The van der Waals surface area contributed by atoms with Crippen molar-refractivity contribution >= 4 is 39.0 Å². The summed E-state index contributed by atoms with van der Waals surface area (Å²) < 4.78 is 29.2. The van der Waals surface area contributed by atoms with E-state index in [1.807, 2.05) is 0 Å². The van der Waals surface area contributed by atoms with Crippen molar-refractivity contribution in [3.8, 4) is 5.75 Å². The van der Waals surface area contributed by atoms with E-state index < -0.39 is 39.3 Å². The number of nitrogens with one attached hydrogen (secondary N) is 1. The van der Waals surface area contributed by atoms with Gasteiger partial charge < -0.3 is 15.2 Å². The summed E-state index contributed by atoms with van der Waals surface area (Å²) in [7, 11) is -3.45. The average molecular weight is 376 g/mol. The first-order valence-corrected chi connectivity index (χ1v) is 9.53. The van der Waals surface area contributed by atoms with Crippen molar-refractivity contribution in [3.05, 3.63) is 23.2 Å². The van der Waals surface area contributed by atoms with Crippen molar-refractivity contribution in [1.82, 2.24) is 0 Å². The van der Waals surface area contributed by atoms with E-state index in [-0.39, 0.29) is 10.8 Å². The van der Waals surface area contributed by atoms with E-state index in [4.69, 9.17) is 21.4 Å². The van der Waals surface area contributed by atoms with Crippen molar-refractivity contribution in [2.75, 3.05) is 17.7 Å². The number of carbonyl (C=O) groups is 2. The van der Waals surface area contributed by atoms with Crippen molar-refractivity contribution < 1.29 is 27.9 Å². The number of carboxylic acid groups (broad SMARTS) is 1. The molecule has 1 amide bonds. The van der Waals surface area contributed by atoms with Crippen molar-refractivity contribution in [1.29, 1.82) is 0 Å². The fourth-order valence-electron chi connectivity index (χ4n) is 2.58. The highest BCUT2D eigenvalue weighted by molar-refractivity contribution is 7.92. The first kappa shape index (κ1) is 18.5. The molecule has 2 rings (SSSR count). The third kappa shape index (κ3) is 5.10. The van der Waals surface area contributed by atoms with Gasteiger partial charge in [0.2, 0.25) is 5.91 Å². The zero-order valence-electron chi connectivity index (χ0n) is 12.8. The number of sulfone groups is 1. The largest absolute Gasteiger partial charge is 0.480 e. The van der Waals surface area contributed by atoms with Crippen molar-refractivity contribution in [3.63, 3.8) is 0 Å². The Hall–Kier alpha value is -1.80. The highest BCUT2D eigenvalue weighted by Gasteiger charge is 2.30. The van der Waals surface area contributed by atoms with Gasteiger partial charge in [-0.25, -0.2) is 13.2 Å². The Bertz CT molecular complexity index is 727. The van der Waals surface area contributed by atoms with E-state index in [0.717, 1.165) is 12.8 Å². The zero-order valence-corrected chi connectivity index (χ0v) is 14.4. The smallest absolute Gasteiger partial charge is 0.341 e. The number of hydrogen-bond donors (Lipinski definition) is 2. The van der Waals surface area contributed by atoms with Crippen LogP contribution in [-0.4, -0.2) is 43.0 Å². The number of hydrogen-bond acceptors (Lipinski definition) is 5. The monoisotopic (exact) mass is 375 g/mol. The maximum Gasteiger partial charge on any atom is 0.341 e. The second-order valence-electron chi connectivity index (χ2n) is 5.59. The van der Waals surface area contributed by atoms with Crippen LogP contribution in [0.15, 0.2) is 18.2 Å². The molecule has 1 fully saturated rings. The number of anilines is 1. The van der Waals surface area contributed by atoms with Crippen molar-refractivity contribution in [2.45, 2.75) is 30.9 Å². The van der Waals surface area contributed by atoms with Gasteiger partial charge in [-0.2, -0.15) is 0 Å². The van der Waals surface area contributed by atoms with E-state index in [9.17, 15) is 18.0 Å². The predicted molar refractivity (Wildman–Crippen MR) is 89.3 cm³/mol. The third-order valence-corrected chi connectivity index (χ3v) is 6.16. The van der Waals surface area contributed by atoms with Gasteiger partial charge in [0.1, 0.15) is 11.5 Å². The summed E-state index contributed by atoms with van der Waals surface area (Å²) in [6.07, 6.45) is 2.96. The highest BCUT2D eigenvalue weighted by Crippen LogP contribution is 2.28. The molecule has 7 nitrogen and oxygen atoms in total. The molecule has 9 heteroatoms. The lowest BCUT2D eigenvalue weighted by Crippen LogP contribution is -2.29. The van der Waals surface area contributed by atoms with Crippen LogP contribution < -0.4 is 10.1 Å². The number of carboxylic acids is 1. The first-order chi connectivity index (χ1) is 11.3. The molecule has 1 aliphatic rings. The Kier molecular flexibility index (Phi) is 6.06. The van der Waals surface area contributed by atoms with Gasteiger partial charge in [0.05, 0.1) is 10.3 Å². The van der Waals surface area contributed by atoms with Crippen LogP contribution in [0.4, 0.5) is 5.69 Å². The molecule has 0 heterocycles. The van der Waals surface area contributed by atoms with Gasteiger partial charge >= 0.3 is 5.97 Å². The summed E-state index contributed by atoms with van der Waals surface area (Å²) in [5, 5.41) is 10.7. The number of carbonyl (C=O) groups excluding carboxylic acids is 1. The van der Waals surface area contributed by atoms with Crippen LogP contribution in [-0.2, 0) is 19.4 Å². The van der Waals surface area contributed by atoms with E-state index in [2.05, 4.69) is 5.32 Å². The van der Waals surface area contributed by atoms with E-state index in [0.29, 0.717) is 18.5 Å². The number of aliphatic carboxylic acids is 1. The summed E-state index contributed by atoms with van der Waals surface area (Å²) in [6, 6.07) is 4.24. The third-order valence-electron chi connectivity index (χ3n) is 3.71. The molecule has 132 valence electrons. The van der Waals surface area contributed by atoms with Gasteiger partial charge in [-0.3, -0.25) is 4.79 Å². The number of rotatable bonds is 7. The van der Waals surface area contributed by atoms with Gasteiger partial charge in [0.25, 0.3) is 0 Å². The Morgan fingerprint density at radius 2 is 1.96 bits per heavy atom. The highest BCUT2D eigenvalue weighted by atomic mass is 35.5. The molecule has 0 aromatic heterocycles. The zero-order chi connectivity index (χ0) is 17.7. The molecule has 0 saturated heterocycles. The maximum atomic E-state index is 12.1. The molecule has 24 heavy (non-hydrogen) atoms. The number of benzene rings is 1. The summed E-state index contributed by atoms with van der Waals surface area (Å²) in [5.41, 5.74) is 0.314. The fraction of sp³-hybridized carbons (Fsp3) is 0.467. The molecule has 0 atom stereocenters. The predicted octanol–water partition coefficient (Wildman–Crippen LogP) is 2.10. The van der Waals surface area contributed by atoms with Crippen molar-refractivity contribution in [2.24, 2.45) is 0 Å². The Balaban J connectivity index is 1.96. The summed E-state index contributed by atoms with van der Waals surface area (Å²) in [4.78, 5) is 22.4. The number of ether oxygens (including phenoxy) is 1. The normalized spacial score (nSPS) is 15.2. The Morgan fingerprint density at radius 1 is 1.29 bits per heavy atom. The lowest BCUT2D eigenvalue weighted by atomic mass is 10.3. The molecule has 1 aromatic rings. The van der Waals surface area contributed by atoms with E-state index in [1.54, 1.807) is 0 Å². The number of halogens is 1. The minimum absolute atomic E-state index is 0.118. The SMILES string of the molecule is O=C(O)COc1ccc(NC(=O)CS(=O)(=O)C2CCCC2)cc1Cl. The van der Waals surface area contributed by atoms with Crippen LogP contribution in [0.25, 0.3) is 0 Å². The molecule has 1 aromatic carbocycles. The second-order valence-corrected chi connectivity index (χ2v) is 8.28. The summed E-state index contributed by atoms with van der Waals surface area (Å²) in [6.45, 7) is -0.537. The molecule has 0 bridgehead atoms. The molecule has 0 aliphatic heterocycles. The van der Waals surface area contributed by atoms with Gasteiger partial charge in [0.15, 0.2) is 16.4 Å². The molecule has 1 aliphatic carbocycles. The standard InChI is InChI=1S/C15H18ClNO6S/c16-12-7-10(5-6-13(12)23-8-15(19)20)17-14(18)9-24(21,22)11-3-1-2-4-11/h5-7,11H,1-4,8-9H2,(H,17,18)(H,19,20). The molecular formula is C15H18ClNO6S. The molecule has 0 unspecified atom stereocenters. The van der Waals surface area contributed by atoms with Crippen LogP contribution in [0.1, 0.15) is 25.7 Å². The minimum atomic E-state index is -3.45. The average Bonchev–Trinajstić information content (AvgIpc) is 3.00. The van der Waals surface area contributed by atoms with Gasteiger partial charge in [-0.15, -0.1) is 0 Å². The summed E-state index contributed by atoms with van der Waals surface area (Å²) in [5.74, 6) is -2.17. The lowest BCUT2D eigenvalue weighted by Gasteiger charge is -2.12. The Labute approximate surface area is 144 Å². The maximum absolute atomic E-state index is 12.1. The molecule has 0 spiro atoms. The Morgan fingerprint density at radius 3 is 2.54 bits per heavy atom. The van der Waals surface area contributed by atoms with E-state index >= 15 is 0 Å². The first-order valence-electron chi connectivity index (χ1n) is 7.43. The van der Waals surface area contributed by atoms with Crippen LogP contribution in [0.2, 0.25) is 5.02 Å². The van der Waals surface area contributed by atoms with Crippen LogP contribution >= 0.6 is 11.6 Å². The van der Waals surface area contributed by atoms with Crippen LogP contribution in [0, 0.1) is 0 Å². The molecular weight excluding hydrogens is 358 g/mol. The minimum Gasteiger partial charge on any atom is -0.480 e. The number of amides is 1. The molecule has 2 N–H and O–H groups in total. The lowest BCUT2D eigenvalue weighted by molar-refractivity contribution is -0.139. The van der Waals surface area contributed by atoms with E-state index in [1.165, 1.54) is 18.2 Å².